The molecule has 0 spiro atoms. The maximum atomic E-state index is 11.8. The van der Waals surface area contributed by atoms with E-state index in [1.54, 1.807) is 18.9 Å². The van der Waals surface area contributed by atoms with E-state index in [-0.39, 0.29) is 29.8 Å². The van der Waals surface area contributed by atoms with Gasteiger partial charge in [-0.25, -0.2) is 0 Å². The van der Waals surface area contributed by atoms with Crippen molar-refractivity contribution < 1.29 is 14.6 Å². The van der Waals surface area contributed by atoms with E-state index in [9.17, 15) is 9.90 Å². The van der Waals surface area contributed by atoms with Crippen LogP contribution in [0.3, 0.4) is 0 Å². The van der Waals surface area contributed by atoms with Gasteiger partial charge in [0.15, 0.2) is 0 Å². The van der Waals surface area contributed by atoms with Gasteiger partial charge in [-0.15, -0.1) is 0 Å². The number of amides is 1. The van der Waals surface area contributed by atoms with Crippen LogP contribution in [-0.2, 0) is 9.53 Å². The number of hydrogen-bond donors (Lipinski definition) is 3. The number of thioether (sulfide) groups is 1. The van der Waals surface area contributed by atoms with E-state index in [0.29, 0.717) is 13.2 Å². The van der Waals surface area contributed by atoms with E-state index in [1.165, 1.54) is 0 Å². The van der Waals surface area contributed by atoms with Crippen LogP contribution in [0.4, 0.5) is 0 Å². The summed E-state index contributed by atoms with van der Waals surface area (Å²) in [7, 11) is 1.64. The Labute approximate surface area is 114 Å². The van der Waals surface area contributed by atoms with Crippen molar-refractivity contribution in [2.24, 2.45) is 0 Å². The highest BCUT2D eigenvalue weighted by Gasteiger charge is 2.20. The fourth-order valence-electron chi connectivity index (χ4n) is 1.60. The Hall–Kier alpha value is -0.300. The molecule has 0 saturated heterocycles. The van der Waals surface area contributed by atoms with Crippen molar-refractivity contribution in [3.8, 4) is 0 Å². The lowest BCUT2D eigenvalue weighted by Gasteiger charge is -2.24. The van der Waals surface area contributed by atoms with Gasteiger partial charge in [-0.3, -0.25) is 4.79 Å². The number of carbonyl (C=O) groups is 1. The minimum atomic E-state index is -0.260. The summed E-state index contributed by atoms with van der Waals surface area (Å²) in [6.45, 7) is 5.19. The molecule has 5 nitrogen and oxygen atoms in total. The lowest BCUT2D eigenvalue weighted by molar-refractivity contribution is -0.123. The highest BCUT2D eigenvalue weighted by atomic mass is 32.2. The molecule has 3 atom stereocenters. The minimum absolute atomic E-state index is 0.0178. The topological polar surface area (TPSA) is 70.6 Å². The number of ether oxygens (including phenoxy) is 1. The van der Waals surface area contributed by atoms with Crippen LogP contribution in [-0.4, -0.2) is 61.5 Å². The summed E-state index contributed by atoms with van der Waals surface area (Å²) < 4.78 is 4.91. The van der Waals surface area contributed by atoms with Crippen LogP contribution in [0.2, 0.25) is 0 Å². The first-order valence-corrected chi connectivity index (χ1v) is 7.51. The average molecular weight is 278 g/mol. The fourth-order valence-corrected chi connectivity index (χ4v) is 2.23. The van der Waals surface area contributed by atoms with Crippen molar-refractivity contribution in [2.75, 3.05) is 33.1 Å². The molecule has 0 fully saturated rings. The van der Waals surface area contributed by atoms with Crippen LogP contribution in [0, 0.1) is 0 Å². The van der Waals surface area contributed by atoms with Crippen LogP contribution < -0.4 is 10.6 Å². The zero-order chi connectivity index (χ0) is 14.0. The van der Waals surface area contributed by atoms with Crippen LogP contribution in [0.25, 0.3) is 0 Å². The molecule has 0 aromatic heterocycles. The largest absolute Gasteiger partial charge is 0.395 e. The Bertz CT molecular complexity index is 225. The van der Waals surface area contributed by atoms with Crippen LogP contribution in [0.1, 0.15) is 20.3 Å². The van der Waals surface area contributed by atoms with Gasteiger partial charge in [0.05, 0.1) is 12.6 Å². The van der Waals surface area contributed by atoms with Gasteiger partial charge in [-0.1, -0.05) is 0 Å². The second-order valence-electron chi connectivity index (χ2n) is 4.27. The third-order valence-electron chi connectivity index (χ3n) is 2.77. The van der Waals surface area contributed by atoms with Crippen LogP contribution in [0.5, 0.6) is 0 Å². The molecule has 0 aromatic rings. The SMILES string of the molecule is COCCCNC(=O)C(C)NC(C)C(CO)SC. The molecule has 0 aromatic carbocycles. The van der Waals surface area contributed by atoms with Gasteiger partial charge in [0.25, 0.3) is 0 Å². The van der Waals surface area contributed by atoms with Crippen molar-refractivity contribution in [1.29, 1.82) is 0 Å². The molecule has 3 N–H and O–H groups in total. The molecule has 0 aliphatic heterocycles. The molecule has 0 bridgehead atoms. The monoisotopic (exact) mass is 278 g/mol. The first-order chi connectivity index (χ1) is 8.56. The Morgan fingerprint density at radius 1 is 1.44 bits per heavy atom. The molecule has 6 heteroatoms. The van der Waals surface area contributed by atoms with Crippen molar-refractivity contribution in [2.45, 2.75) is 37.6 Å². The molecule has 0 aliphatic carbocycles. The maximum absolute atomic E-state index is 11.8. The second-order valence-corrected chi connectivity index (χ2v) is 5.35. The third-order valence-corrected chi connectivity index (χ3v) is 3.93. The number of rotatable bonds is 10. The van der Waals surface area contributed by atoms with E-state index in [1.807, 2.05) is 20.1 Å². The summed E-state index contributed by atoms with van der Waals surface area (Å²) in [6, 6.07) is -0.173. The molecule has 0 rings (SSSR count). The summed E-state index contributed by atoms with van der Waals surface area (Å²) in [5, 5.41) is 15.3. The van der Waals surface area contributed by atoms with E-state index in [4.69, 9.17) is 4.74 Å². The molecule has 108 valence electrons. The quantitative estimate of drug-likeness (QED) is 0.499. The molecule has 0 heterocycles. The van der Waals surface area contributed by atoms with Gasteiger partial charge in [-0.2, -0.15) is 11.8 Å². The smallest absolute Gasteiger partial charge is 0.236 e. The lowest BCUT2D eigenvalue weighted by atomic mass is 10.2. The Kier molecular flexibility index (Phi) is 10.4. The van der Waals surface area contributed by atoms with E-state index in [2.05, 4.69) is 10.6 Å². The number of aliphatic hydroxyl groups excluding tert-OH is 1. The molecular weight excluding hydrogens is 252 g/mol. The molecular formula is C12H26N2O3S. The van der Waals surface area contributed by atoms with Gasteiger partial charge in [0.1, 0.15) is 0 Å². The first kappa shape index (κ1) is 17.7. The van der Waals surface area contributed by atoms with Crippen molar-refractivity contribution in [3.05, 3.63) is 0 Å². The summed E-state index contributed by atoms with van der Waals surface area (Å²) >= 11 is 1.60. The van der Waals surface area contributed by atoms with Crippen molar-refractivity contribution in [1.82, 2.24) is 10.6 Å². The summed E-state index contributed by atoms with van der Waals surface area (Å²) in [5.41, 5.74) is 0. The normalized spacial score (nSPS) is 16.1. The number of nitrogens with one attached hydrogen (secondary N) is 2. The van der Waals surface area contributed by atoms with Gasteiger partial charge in [0, 0.05) is 31.6 Å². The Morgan fingerprint density at radius 2 is 2.11 bits per heavy atom. The van der Waals surface area contributed by atoms with Gasteiger partial charge >= 0.3 is 0 Å². The first-order valence-electron chi connectivity index (χ1n) is 6.23. The molecule has 1 amide bonds. The molecule has 0 aliphatic rings. The van der Waals surface area contributed by atoms with Crippen molar-refractivity contribution >= 4 is 17.7 Å². The number of hydrogen-bond acceptors (Lipinski definition) is 5. The van der Waals surface area contributed by atoms with E-state index in [0.717, 1.165) is 6.42 Å². The van der Waals surface area contributed by atoms with Gasteiger partial charge in [0.2, 0.25) is 5.91 Å². The zero-order valence-electron chi connectivity index (χ0n) is 11.7. The Morgan fingerprint density at radius 3 is 2.61 bits per heavy atom. The van der Waals surface area contributed by atoms with Gasteiger partial charge in [-0.05, 0) is 26.5 Å². The molecule has 0 radical (unpaired) electrons. The van der Waals surface area contributed by atoms with E-state index >= 15 is 0 Å². The highest BCUT2D eigenvalue weighted by Crippen LogP contribution is 2.10. The second kappa shape index (κ2) is 10.6. The fraction of sp³-hybridized carbons (Fsp3) is 0.917. The number of aliphatic hydroxyl groups is 1. The number of carbonyl (C=O) groups excluding carboxylic acids is 1. The predicted octanol–water partition coefficient (Wildman–Crippen LogP) is 0.230. The zero-order valence-corrected chi connectivity index (χ0v) is 12.5. The average Bonchev–Trinajstić information content (AvgIpc) is 2.35. The van der Waals surface area contributed by atoms with E-state index < -0.39 is 0 Å². The molecule has 18 heavy (non-hydrogen) atoms. The summed E-state index contributed by atoms with van der Waals surface area (Å²) in [5.74, 6) is -0.0178. The summed E-state index contributed by atoms with van der Waals surface area (Å²) in [4.78, 5) is 11.8. The van der Waals surface area contributed by atoms with Crippen LogP contribution in [0.15, 0.2) is 0 Å². The predicted molar refractivity (Wildman–Crippen MR) is 76.0 cm³/mol. The van der Waals surface area contributed by atoms with Crippen molar-refractivity contribution in [3.63, 3.8) is 0 Å². The molecule has 0 saturated carbocycles. The minimum Gasteiger partial charge on any atom is -0.395 e. The highest BCUT2D eigenvalue weighted by molar-refractivity contribution is 7.99. The maximum Gasteiger partial charge on any atom is 0.236 e. The van der Waals surface area contributed by atoms with Gasteiger partial charge < -0.3 is 20.5 Å². The lowest BCUT2D eigenvalue weighted by Crippen LogP contribution is -2.49. The van der Waals surface area contributed by atoms with Crippen LogP contribution >= 0.6 is 11.8 Å². The Balaban J connectivity index is 3.91. The number of methoxy groups -OCH3 is 1. The molecule has 3 unspecified atom stereocenters. The third kappa shape index (κ3) is 7.20. The standard InChI is InChI=1S/C12H26N2O3S/c1-9(11(8-15)18-4)14-10(2)12(16)13-6-5-7-17-3/h9-11,14-15H,5-8H2,1-4H3,(H,13,16). The summed E-state index contributed by atoms with van der Waals surface area (Å²) in [6.07, 6.45) is 2.77.